The van der Waals surface area contributed by atoms with E-state index in [0.29, 0.717) is 22.4 Å². The number of pyridine rings is 1. The summed E-state index contributed by atoms with van der Waals surface area (Å²) in [6.07, 6.45) is 3.34. The molecular weight excluding hydrogens is 477 g/mol. The predicted molar refractivity (Wildman–Crippen MR) is 136 cm³/mol. The summed E-state index contributed by atoms with van der Waals surface area (Å²) >= 11 is 4.97. The number of aryl methyl sites for hydroxylation is 1. The van der Waals surface area contributed by atoms with E-state index in [-0.39, 0.29) is 33.2 Å². The van der Waals surface area contributed by atoms with Crippen molar-refractivity contribution in [2.24, 2.45) is 7.05 Å². The molecule has 3 aromatic rings. The van der Waals surface area contributed by atoms with E-state index in [2.05, 4.69) is 4.72 Å². The zero-order chi connectivity index (χ0) is 25.0. The molecule has 2 atom stereocenters. The van der Waals surface area contributed by atoms with Crippen molar-refractivity contribution in [2.75, 3.05) is 11.5 Å². The number of nitrogens with zero attached hydrogens (tertiary/aromatic N) is 1. The molecule has 2 aromatic carbocycles. The molecule has 0 unspecified atom stereocenters. The number of nitrogens with one attached hydrogen (secondary N) is 1. The van der Waals surface area contributed by atoms with Gasteiger partial charge in [-0.3, -0.25) is 9.59 Å². The van der Waals surface area contributed by atoms with Gasteiger partial charge >= 0.3 is 0 Å². The third-order valence-corrected chi connectivity index (χ3v) is 7.10. The van der Waals surface area contributed by atoms with Gasteiger partial charge in [0.2, 0.25) is 0 Å². The van der Waals surface area contributed by atoms with Gasteiger partial charge in [0.05, 0.1) is 16.8 Å². The van der Waals surface area contributed by atoms with Gasteiger partial charge in [0.15, 0.2) is 5.78 Å². The molecule has 0 amide bonds. The number of carbonyl (C=O) groups excluding carboxylic acids is 1. The van der Waals surface area contributed by atoms with E-state index >= 15 is 0 Å². The molecule has 0 spiro atoms. The molecule has 0 aliphatic heterocycles. The molecule has 34 heavy (non-hydrogen) atoms. The average Bonchev–Trinajstić information content (AvgIpc) is 2.80. The highest BCUT2D eigenvalue weighted by atomic mass is 35.5. The van der Waals surface area contributed by atoms with E-state index < -0.39 is 23.2 Å². The van der Waals surface area contributed by atoms with E-state index in [1.165, 1.54) is 41.0 Å². The number of aromatic nitrogens is 1. The molecule has 0 fully saturated rings. The molecule has 0 saturated carbocycles. The topological polar surface area (TPSA) is 100 Å². The number of halogens is 2. The molecule has 1 heterocycles. The maximum absolute atomic E-state index is 13.4. The fourth-order valence-electron chi connectivity index (χ4n) is 3.58. The smallest absolute Gasteiger partial charge is 0.250 e. The predicted octanol–water partition coefficient (Wildman–Crippen LogP) is 4.77. The van der Waals surface area contributed by atoms with E-state index in [0.717, 1.165) is 12.8 Å². The van der Waals surface area contributed by atoms with Crippen molar-refractivity contribution in [2.45, 2.75) is 32.7 Å². The Bertz CT molecular complexity index is 1250. The lowest BCUT2D eigenvalue weighted by Gasteiger charge is -2.21. The van der Waals surface area contributed by atoms with Gasteiger partial charge in [0, 0.05) is 47.4 Å². The number of benzene rings is 2. The fourth-order valence-corrected chi connectivity index (χ4v) is 4.93. The average molecular weight is 504 g/mol. The molecule has 180 valence electrons. The van der Waals surface area contributed by atoms with Crippen molar-refractivity contribution in [1.29, 1.82) is 0 Å². The molecule has 0 saturated heterocycles. The summed E-state index contributed by atoms with van der Waals surface area (Å²) in [5.41, 5.74) is 8.25. The van der Waals surface area contributed by atoms with Crippen molar-refractivity contribution in [3.63, 3.8) is 0 Å². The van der Waals surface area contributed by atoms with Gasteiger partial charge in [-0.05, 0) is 60.9 Å². The minimum atomic E-state index is -1.29. The number of nitrogen functional groups attached to an aromatic ring is 1. The zero-order valence-corrected chi connectivity index (χ0v) is 20.8. The molecule has 6 nitrogen and oxygen atoms in total. The second kappa shape index (κ2) is 11.2. The van der Waals surface area contributed by atoms with Crippen LogP contribution in [-0.2, 0) is 18.4 Å². The summed E-state index contributed by atoms with van der Waals surface area (Å²) in [7, 11) is 1.61. The van der Waals surface area contributed by atoms with Gasteiger partial charge in [-0.15, -0.1) is 4.72 Å². The minimum Gasteiger partial charge on any atom is -0.598 e. The number of carbonyl (C=O) groups is 1. The number of anilines is 1. The first-order valence-electron chi connectivity index (χ1n) is 10.9. The van der Waals surface area contributed by atoms with Gasteiger partial charge in [-0.2, -0.15) is 0 Å². The molecule has 0 radical (unpaired) electrons. The van der Waals surface area contributed by atoms with Crippen LogP contribution in [0.15, 0.2) is 53.5 Å². The Kier molecular flexibility index (Phi) is 8.54. The normalized spacial score (nSPS) is 13.0. The van der Waals surface area contributed by atoms with Gasteiger partial charge < -0.3 is 14.9 Å². The second-order valence-corrected chi connectivity index (χ2v) is 9.83. The molecule has 9 heteroatoms. The summed E-state index contributed by atoms with van der Waals surface area (Å²) < 4.78 is 30.3. The van der Waals surface area contributed by atoms with Crippen molar-refractivity contribution in [3.8, 4) is 11.1 Å². The summed E-state index contributed by atoms with van der Waals surface area (Å²) in [6.45, 7) is 3.83. The lowest BCUT2D eigenvalue weighted by Crippen LogP contribution is -2.30. The van der Waals surface area contributed by atoms with Crippen LogP contribution in [0.3, 0.4) is 0 Å². The van der Waals surface area contributed by atoms with Crippen molar-refractivity contribution in [3.05, 3.63) is 86.5 Å². The minimum absolute atomic E-state index is 0.201. The van der Waals surface area contributed by atoms with Gasteiger partial charge in [-0.25, -0.2) is 4.39 Å². The highest BCUT2D eigenvalue weighted by Gasteiger charge is 2.24. The molecule has 1 aromatic heterocycles. The van der Waals surface area contributed by atoms with E-state index in [1.54, 1.807) is 19.3 Å². The van der Waals surface area contributed by atoms with Gasteiger partial charge in [0.1, 0.15) is 11.6 Å². The summed E-state index contributed by atoms with van der Waals surface area (Å²) in [6, 6.07) is 9.28. The van der Waals surface area contributed by atoms with Crippen LogP contribution in [-0.4, -0.2) is 20.7 Å². The standard InChI is InChI=1S/C25H27ClFN3O3S/c1-4-5-10-34(33)29-15(2)18-13-24(31)30(3)14-21(18)19-12-23(28)22(26)11-20(19)25(32)16-6-8-17(27)9-7-16/h6-9,11-15,29H,4-5,10,28H2,1-3H3/t15-,34-/m0/s1. The number of ketones is 1. The molecule has 3 N–H and O–H groups in total. The van der Waals surface area contributed by atoms with Crippen LogP contribution in [0.5, 0.6) is 0 Å². The Balaban J connectivity index is 2.16. The highest BCUT2D eigenvalue weighted by molar-refractivity contribution is 7.89. The molecular formula is C25H27ClFN3O3S. The Labute approximate surface area is 206 Å². The first-order chi connectivity index (χ1) is 16.1. The number of rotatable bonds is 9. The van der Waals surface area contributed by atoms with Crippen LogP contribution in [0.25, 0.3) is 11.1 Å². The SMILES string of the molecule is CCCC[S@+]([O-])N[C@@H](C)c1cc(=O)n(C)cc1-c1cc(N)c(Cl)cc1C(=O)c1ccc(F)cc1. The third kappa shape index (κ3) is 5.88. The maximum Gasteiger partial charge on any atom is 0.250 e. The maximum atomic E-state index is 13.4. The van der Waals surface area contributed by atoms with Crippen LogP contribution in [0, 0.1) is 5.82 Å². The van der Waals surface area contributed by atoms with Crippen LogP contribution < -0.4 is 16.0 Å². The first kappa shape index (κ1) is 26.0. The Morgan fingerprint density at radius 3 is 2.56 bits per heavy atom. The van der Waals surface area contributed by atoms with Crippen LogP contribution in [0.4, 0.5) is 10.1 Å². The second-order valence-electron chi connectivity index (χ2n) is 8.09. The van der Waals surface area contributed by atoms with Crippen LogP contribution in [0.2, 0.25) is 5.02 Å². The van der Waals surface area contributed by atoms with Crippen LogP contribution in [0.1, 0.15) is 54.2 Å². The van der Waals surface area contributed by atoms with Gasteiger partial charge in [0.25, 0.3) is 5.56 Å². The largest absolute Gasteiger partial charge is 0.598 e. The summed E-state index contributed by atoms with van der Waals surface area (Å²) in [4.78, 5) is 25.9. The zero-order valence-electron chi connectivity index (χ0n) is 19.2. The molecule has 0 bridgehead atoms. The first-order valence-corrected chi connectivity index (χ1v) is 12.6. The summed E-state index contributed by atoms with van der Waals surface area (Å²) in [5.74, 6) is -0.337. The van der Waals surface area contributed by atoms with Gasteiger partial charge in [-0.1, -0.05) is 24.9 Å². The van der Waals surface area contributed by atoms with Crippen molar-refractivity contribution < 1.29 is 13.7 Å². The van der Waals surface area contributed by atoms with Crippen molar-refractivity contribution in [1.82, 2.24) is 9.29 Å². The lowest BCUT2D eigenvalue weighted by molar-refractivity contribution is 0.103. The monoisotopic (exact) mass is 503 g/mol. The van der Waals surface area contributed by atoms with E-state index in [9.17, 15) is 18.5 Å². The number of hydrogen-bond donors (Lipinski definition) is 2. The van der Waals surface area contributed by atoms with E-state index in [4.69, 9.17) is 17.3 Å². The number of hydrogen-bond acceptors (Lipinski definition) is 5. The number of nitrogens with two attached hydrogens (primary N) is 1. The Hall–Kier alpha value is -2.65. The number of unbranched alkanes of at least 4 members (excludes halogenated alkanes) is 1. The fraction of sp³-hybridized carbons (Fsp3) is 0.280. The third-order valence-electron chi connectivity index (χ3n) is 5.50. The highest BCUT2D eigenvalue weighted by Crippen LogP contribution is 2.36. The summed E-state index contributed by atoms with van der Waals surface area (Å²) in [5, 5.41) is 0.201. The molecule has 0 aliphatic rings. The van der Waals surface area contributed by atoms with Crippen molar-refractivity contribution >= 4 is 34.4 Å². The quantitative estimate of drug-likeness (QED) is 0.249. The Morgan fingerprint density at radius 1 is 1.24 bits per heavy atom. The van der Waals surface area contributed by atoms with E-state index in [1.807, 2.05) is 13.8 Å². The molecule has 3 rings (SSSR count). The van der Waals surface area contributed by atoms with Crippen LogP contribution >= 0.6 is 11.6 Å². The molecule has 0 aliphatic carbocycles. The Morgan fingerprint density at radius 2 is 1.91 bits per heavy atom. The lowest BCUT2D eigenvalue weighted by atomic mass is 9.90.